The zero-order valence-corrected chi connectivity index (χ0v) is 13.4. The Labute approximate surface area is 145 Å². The minimum Gasteiger partial charge on any atom is -0.508 e. The second-order valence-electron chi connectivity index (χ2n) is 5.46. The van der Waals surface area contributed by atoms with Crippen molar-refractivity contribution >= 4 is 0 Å². The molecule has 0 amide bonds. The van der Waals surface area contributed by atoms with Crippen LogP contribution in [0.3, 0.4) is 0 Å². The molecule has 0 bridgehead atoms. The molecule has 0 unspecified atom stereocenters. The van der Waals surface area contributed by atoms with Crippen LogP contribution in [0, 0.1) is 0 Å². The van der Waals surface area contributed by atoms with E-state index in [1.807, 2.05) is 6.07 Å². The SMILES string of the molecule is Oc1ccccc1COc1ccc(OCc2ccccc2O)c(O)c1. The average Bonchev–Trinajstić information content (AvgIpc) is 2.61. The maximum absolute atomic E-state index is 10.1. The van der Waals surface area contributed by atoms with Gasteiger partial charge in [0.2, 0.25) is 0 Å². The molecule has 0 spiro atoms. The Hall–Kier alpha value is -3.34. The van der Waals surface area contributed by atoms with E-state index in [1.165, 1.54) is 6.07 Å². The Bertz CT molecular complexity index is 860. The number of hydrogen-bond donors (Lipinski definition) is 3. The van der Waals surface area contributed by atoms with E-state index in [0.717, 1.165) is 0 Å². The lowest BCUT2D eigenvalue weighted by Gasteiger charge is -2.12. The van der Waals surface area contributed by atoms with Crippen molar-refractivity contribution in [2.75, 3.05) is 0 Å². The first-order valence-electron chi connectivity index (χ1n) is 7.76. The first-order chi connectivity index (χ1) is 12.1. The van der Waals surface area contributed by atoms with Crippen LogP contribution in [0.2, 0.25) is 0 Å². The molecule has 0 heterocycles. The van der Waals surface area contributed by atoms with E-state index in [-0.39, 0.29) is 36.2 Å². The van der Waals surface area contributed by atoms with E-state index in [0.29, 0.717) is 16.9 Å². The highest BCUT2D eigenvalue weighted by atomic mass is 16.5. The van der Waals surface area contributed by atoms with E-state index in [2.05, 4.69) is 0 Å². The fraction of sp³-hybridized carbons (Fsp3) is 0.100. The van der Waals surface area contributed by atoms with Gasteiger partial charge in [-0.2, -0.15) is 0 Å². The van der Waals surface area contributed by atoms with Gasteiger partial charge in [-0.05, 0) is 24.3 Å². The topological polar surface area (TPSA) is 79.2 Å². The van der Waals surface area contributed by atoms with Crippen molar-refractivity contribution in [3.8, 4) is 28.7 Å². The number of para-hydroxylation sites is 2. The third-order valence-electron chi connectivity index (χ3n) is 3.69. The summed E-state index contributed by atoms with van der Waals surface area (Å²) in [5, 5.41) is 29.5. The van der Waals surface area contributed by atoms with Gasteiger partial charge in [-0.15, -0.1) is 0 Å². The zero-order chi connectivity index (χ0) is 17.6. The molecule has 0 aliphatic rings. The Morgan fingerprint density at radius 1 is 0.600 bits per heavy atom. The van der Waals surface area contributed by atoms with Crippen LogP contribution >= 0.6 is 0 Å². The van der Waals surface area contributed by atoms with E-state index in [1.54, 1.807) is 54.6 Å². The minimum absolute atomic E-state index is 0.0646. The molecular weight excluding hydrogens is 320 g/mol. The van der Waals surface area contributed by atoms with Crippen LogP contribution < -0.4 is 9.47 Å². The molecule has 0 aromatic heterocycles. The summed E-state index contributed by atoms with van der Waals surface area (Å²) in [5.41, 5.74) is 1.28. The van der Waals surface area contributed by atoms with Gasteiger partial charge in [-0.1, -0.05) is 36.4 Å². The standard InChI is InChI=1S/C20H18O5/c21-17-7-3-1-5-14(17)12-24-16-9-10-20(19(23)11-16)25-13-15-6-2-4-8-18(15)22/h1-11,21-23H,12-13H2. The van der Waals surface area contributed by atoms with Crippen molar-refractivity contribution in [3.05, 3.63) is 77.9 Å². The summed E-state index contributed by atoms with van der Waals surface area (Å²) >= 11 is 0. The molecular formula is C20H18O5. The summed E-state index contributed by atoms with van der Waals surface area (Å²) in [5.74, 6) is 0.984. The van der Waals surface area contributed by atoms with Crippen molar-refractivity contribution in [1.29, 1.82) is 0 Å². The monoisotopic (exact) mass is 338 g/mol. The first kappa shape index (κ1) is 16.5. The third-order valence-corrected chi connectivity index (χ3v) is 3.69. The van der Waals surface area contributed by atoms with E-state index < -0.39 is 0 Å². The van der Waals surface area contributed by atoms with Gasteiger partial charge < -0.3 is 24.8 Å². The number of phenols is 3. The summed E-state index contributed by atoms with van der Waals surface area (Å²) in [6.45, 7) is 0.322. The molecule has 3 rings (SSSR count). The van der Waals surface area contributed by atoms with Gasteiger partial charge in [0.05, 0.1) is 0 Å². The van der Waals surface area contributed by atoms with Crippen LogP contribution in [0.1, 0.15) is 11.1 Å². The minimum atomic E-state index is -0.0646. The molecule has 0 fully saturated rings. The van der Waals surface area contributed by atoms with Gasteiger partial charge >= 0.3 is 0 Å². The molecule has 5 heteroatoms. The number of phenolic OH excluding ortho intramolecular Hbond substituents is 3. The maximum Gasteiger partial charge on any atom is 0.161 e. The molecule has 3 N–H and O–H groups in total. The molecule has 0 atom stereocenters. The first-order valence-corrected chi connectivity index (χ1v) is 7.76. The van der Waals surface area contributed by atoms with Crippen LogP contribution in [0.4, 0.5) is 0 Å². The highest BCUT2D eigenvalue weighted by molar-refractivity contribution is 5.45. The van der Waals surface area contributed by atoms with Crippen molar-refractivity contribution in [1.82, 2.24) is 0 Å². The predicted octanol–water partition coefficient (Wildman–Crippen LogP) is 3.96. The molecule has 0 aliphatic carbocycles. The summed E-state index contributed by atoms with van der Waals surface area (Å²) in [7, 11) is 0. The molecule has 25 heavy (non-hydrogen) atoms. The van der Waals surface area contributed by atoms with Crippen molar-refractivity contribution in [3.63, 3.8) is 0 Å². The smallest absolute Gasteiger partial charge is 0.161 e. The van der Waals surface area contributed by atoms with Gasteiger partial charge in [0.25, 0.3) is 0 Å². The molecule has 3 aromatic carbocycles. The summed E-state index contributed by atoms with van der Waals surface area (Å²) < 4.78 is 11.1. The van der Waals surface area contributed by atoms with E-state index >= 15 is 0 Å². The highest BCUT2D eigenvalue weighted by Crippen LogP contribution is 2.32. The maximum atomic E-state index is 10.1. The Morgan fingerprint density at radius 3 is 1.72 bits per heavy atom. The molecule has 0 saturated carbocycles. The predicted molar refractivity (Wildman–Crippen MR) is 93.0 cm³/mol. The number of ether oxygens (including phenoxy) is 2. The number of hydrogen-bond acceptors (Lipinski definition) is 5. The molecule has 128 valence electrons. The lowest BCUT2D eigenvalue weighted by atomic mass is 10.2. The van der Waals surface area contributed by atoms with Gasteiger partial charge in [0.15, 0.2) is 11.5 Å². The van der Waals surface area contributed by atoms with Gasteiger partial charge in [0.1, 0.15) is 30.5 Å². The van der Waals surface area contributed by atoms with Crippen molar-refractivity contribution < 1.29 is 24.8 Å². The molecule has 0 saturated heterocycles. The summed E-state index contributed by atoms with van der Waals surface area (Å²) in [6, 6.07) is 18.5. The quantitative estimate of drug-likeness (QED) is 0.634. The lowest BCUT2D eigenvalue weighted by Crippen LogP contribution is -1.98. The summed E-state index contributed by atoms with van der Waals surface area (Å²) in [4.78, 5) is 0. The molecule has 3 aromatic rings. The van der Waals surface area contributed by atoms with Crippen LogP contribution in [0.5, 0.6) is 28.7 Å². The largest absolute Gasteiger partial charge is 0.508 e. The van der Waals surface area contributed by atoms with Gasteiger partial charge in [0, 0.05) is 17.2 Å². The van der Waals surface area contributed by atoms with Crippen molar-refractivity contribution in [2.24, 2.45) is 0 Å². The third kappa shape index (κ3) is 4.14. The van der Waals surface area contributed by atoms with E-state index in [4.69, 9.17) is 9.47 Å². The second-order valence-corrected chi connectivity index (χ2v) is 5.46. The van der Waals surface area contributed by atoms with Gasteiger partial charge in [-0.3, -0.25) is 0 Å². The van der Waals surface area contributed by atoms with Crippen LogP contribution in [0.25, 0.3) is 0 Å². The summed E-state index contributed by atoms with van der Waals surface area (Å²) in [6.07, 6.45) is 0. The molecule has 0 radical (unpaired) electrons. The normalized spacial score (nSPS) is 10.4. The lowest BCUT2D eigenvalue weighted by molar-refractivity contribution is 0.276. The molecule has 0 aliphatic heterocycles. The zero-order valence-electron chi connectivity index (χ0n) is 13.4. The number of benzene rings is 3. The van der Waals surface area contributed by atoms with Crippen molar-refractivity contribution in [2.45, 2.75) is 13.2 Å². The van der Waals surface area contributed by atoms with Crippen LogP contribution in [-0.2, 0) is 13.2 Å². The van der Waals surface area contributed by atoms with Crippen LogP contribution in [-0.4, -0.2) is 15.3 Å². The highest BCUT2D eigenvalue weighted by Gasteiger charge is 2.08. The number of aromatic hydroxyl groups is 3. The Morgan fingerprint density at radius 2 is 1.16 bits per heavy atom. The Balaban J connectivity index is 1.63. The fourth-order valence-corrected chi connectivity index (χ4v) is 2.29. The van der Waals surface area contributed by atoms with Crippen LogP contribution in [0.15, 0.2) is 66.7 Å². The Kier molecular flexibility index (Phi) is 4.95. The average molecular weight is 338 g/mol. The second kappa shape index (κ2) is 7.49. The number of rotatable bonds is 6. The fourth-order valence-electron chi connectivity index (χ4n) is 2.29. The van der Waals surface area contributed by atoms with Gasteiger partial charge in [-0.25, -0.2) is 0 Å². The molecule has 5 nitrogen and oxygen atoms in total. The van der Waals surface area contributed by atoms with E-state index in [9.17, 15) is 15.3 Å².